The standard InChI is InChI=1S/C26H26N2O10/c1-9(2)25(35)38-26(5)23(36-10(3)29)18-16(22(34)24(26)37-11(4)30)15-17(19(18)28-27)21(33)14-12(20(15)32)7-6-8-13(14)31/h6-9,19,22-24,28,31,34H,1-5H3/t19?,22-,23+,24+,26+/m0/s1. The highest BCUT2D eigenvalue weighted by Gasteiger charge is 2.65. The summed E-state index contributed by atoms with van der Waals surface area (Å²) in [4.78, 5) is 64.4. The minimum absolute atomic E-state index is 0.142. The van der Waals surface area contributed by atoms with Crippen LogP contribution in [0, 0.1) is 5.92 Å². The minimum Gasteiger partial charge on any atom is -0.508 e. The predicted octanol–water partition coefficient (Wildman–Crippen LogP) is 0.0446. The lowest BCUT2D eigenvalue weighted by molar-refractivity contribution is -0.504. The molecule has 0 amide bonds. The third-order valence-electron chi connectivity index (χ3n) is 6.88. The van der Waals surface area contributed by atoms with E-state index in [0.29, 0.717) is 0 Å². The van der Waals surface area contributed by atoms with Gasteiger partial charge in [-0.1, -0.05) is 26.0 Å². The maximum absolute atomic E-state index is 13.7. The number of carbonyl (C=O) groups is 5. The van der Waals surface area contributed by atoms with Gasteiger partial charge < -0.3 is 35.1 Å². The van der Waals surface area contributed by atoms with Crippen LogP contribution in [0.3, 0.4) is 0 Å². The molecule has 3 aliphatic carbocycles. The van der Waals surface area contributed by atoms with Gasteiger partial charge in [-0.05, 0) is 13.0 Å². The maximum atomic E-state index is 13.7. The van der Waals surface area contributed by atoms with Gasteiger partial charge in [-0.15, -0.1) is 0 Å². The Morgan fingerprint density at radius 1 is 1.05 bits per heavy atom. The van der Waals surface area contributed by atoms with E-state index in [1.807, 2.05) is 5.11 Å². The van der Waals surface area contributed by atoms with Crippen molar-refractivity contribution in [3.63, 3.8) is 0 Å². The number of carbonyl (C=O) groups excluding carboxylic acids is 5. The number of ether oxygens (including phenoxy) is 3. The Labute approximate surface area is 216 Å². The number of aromatic hydroxyl groups is 1. The smallest absolute Gasteiger partial charge is 0.309 e. The molecule has 1 unspecified atom stereocenters. The Morgan fingerprint density at radius 2 is 1.68 bits per heavy atom. The van der Waals surface area contributed by atoms with Gasteiger partial charge in [-0.3, -0.25) is 24.0 Å². The van der Waals surface area contributed by atoms with Crippen molar-refractivity contribution in [3.05, 3.63) is 57.1 Å². The van der Waals surface area contributed by atoms with E-state index in [4.69, 9.17) is 14.2 Å². The second-order valence-electron chi connectivity index (χ2n) is 9.80. The Bertz CT molecular complexity index is 1370. The molecule has 0 radical (unpaired) electrons. The average Bonchev–Trinajstić information content (AvgIpc) is 3.18. The SMILES string of the molecule is CC(=O)O[C@@H]1C2=C(C3=C(C(=O)c4c(O)cccc4C3=O)C2[NH+]=[N-])[C@H](O)[C@@H](OC(C)=O)[C@]1(C)OC(=O)C(C)C. The molecule has 0 saturated heterocycles. The van der Waals surface area contributed by atoms with Crippen molar-refractivity contribution in [1.82, 2.24) is 0 Å². The van der Waals surface area contributed by atoms with Gasteiger partial charge in [0.1, 0.15) is 11.9 Å². The fourth-order valence-electron chi connectivity index (χ4n) is 5.29. The summed E-state index contributed by atoms with van der Waals surface area (Å²) in [5, 5.41) is 23.9. The van der Waals surface area contributed by atoms with Crippen LogP contribution in [0.25, 0.3) is 5.53 Å². The zero-order chi connectivity index (χ0) is 28.3. The molecule has 0 aliphatic heterocycles. The first-order valence-electron chi connectivity index (χ1n) is 11.8. The van der Waals surface area contributed by atoms with Gasteiger partial charge in [0.25, 0.3) is 0 Å². The largest absolute Gasteiger partial charge is 0.508 e. The average molecular weight is 526 g/mol. The summed E-state index contributed by atoms with van der Waals surface area (Å²) < 4.78 is 16.6. The number of ketones is 2. The van der Waals surface area contributed by atoms with E-state index in [9.17, 15) is 39.7 Å². The number of fused-ring (bicyclic) bond motifs is 2. The fourth-order valence-corrected chi connectivity index (χ4v) is 5.29. The molecule has 0 saturated carbocycles. The van der Waals surface area contributed by atoms with Crippen molar-refractivity contribution in [2.45, 2.75) is 64.6 Å². The van der Waals surface area contributed by atoms with Crippen molar-refractivity contribution in [2.75, 3.05) is 0 Å². The van der Waals surface area contributed by atoms with Gasteiger partial charge in [-0.25, -0.2) is 0 Å². The van der Waals surface area contributed by atoms with Crippen molar-refractivity contribution in [1.29, 1.82) is 0 Å². The predicted molar refractivity (Wildman–Crippen MR) is 125 cm³/mol. The molecular weight excluding hydrogens is 500 g/mol. The number of esters is 3. The molecule has 4 rings (SSSR count). The first kappa shape index (κ1) is 26.9. The van der Waals surface area contributed by atoms with Crippen molar-refractivity contribution in [3.8, 4) is 5.75 Å². The lowest BCUT2D eigenvalue weighted by Crippen LogP contribution is -2.76. The molecule has 0 fully saturated rings. The fraction of sp³-hybridized carbons (Fsp3) is 0.423. The Balaban J connectivity index is 2.02. The monoisotopic (exact) mass is 526 g/mol. The molecule has 200 valence electrons. The van der Waals surface area contributed by atoms with Gasteiger partial charge >= 0.3 is 17.9 Å². The van der Waals surface area contributed by atoms with E-state index in [0.717, 1.165) is 13.8 Å². The zero-order valence-corrected chi connectivity index (χ0v) is 21.2. The summed E-state index contributed by atoms with van der Waals surface area (Å²) in [7, 11) is 0. The molecule has 0 aromatic heterocycles. The summed E-state index contributed by atoms with van der Waals surface area (Å²) in [6.45, 7) is 6.45. The topological polar surface area (TPSA) is 190 Å². The van der Waals surface area contributed by atoms with Gasteiger partial charge in [0.05, 0.1) is 22.6 Å². The molecule has 3 aliphatic rings. The number of phenols is 1. The number of aliphatic hydroxyl groups is 1. The van der Waals surface area contributed by atoms with Crippen LogP contribution in [0.2, 0.25) is 0 Å². The second-order valence-corrected chi connectivity index (χ2v) is 9.80. The van der Waals surface area contributed by atoms with E-state index < -0.39 is 71.1 Å². The van der Waals surface area contributed by atoms with Gasteiger partial charge in [0.15, 0.2) is 29.6 Å². The summed E-state index contributed by atoms with van der Waals surface area (Å²) in [6, 6.07) is 2.38. The number of benzene rings is 1. The van der Waals surface area contributed by atoms with E-state index >= 15 is 0 Å². The summed E-state index contributed by atoms with van der Waals surface area (Å²) in [5.74, 6) is -5.28. The maximum Gasteiger partial charge on any atom is 0.309 e. The van der Waals surface area contributed by atoms with Crippen molar-refractivity contribution < 1.29 is 53.5 Å². The molecule has 3 N–H and O–H groups in total. The highest BCUT2D eigenvalue weighted by molar-refractivity contribution is 6.31. The van der Waals surface area contributed by atoms with Crippen LogP contribution < -0.4 is 5.11 Å². The van der Waals surface area contributed by atoms with Crippen molar-refractivity contribution in [2.24, 2.45) is 5.92 Å². The molecule has 12 nitrogen and oxygen atoms in total. The molecule has 0 heterocycles. The Hall–Kier alpha value is -4.19. The van der Waals surface area contributed by atoms with Crippen molar-refractivity contribution >= 4 is 29.5 Å². The lowest BCUT2D eigenvalue weighted by Gasteiger charge is -2.47. The van der Waals surface area contributed by atoms with E-state index in [-0.39, 0.29) is 33.4 Å². The molecule has 5 atom stereocenters. The Kier molecular flexibility index (Phi) is 6.56. The van der Waals surface area contributed by atoms with Gasteiger partial charge in [0, 0.05) is 30.6 Å². The molecular formula is C26H26N2O10. The third-order valence-corrected chi connectivity index (χ3v) is 6.88. The number of Topliss-reactive ketones (excluding diaryl/α,β-unsaturated/α-hetero) is 2. The summed E-state index contributed by atoms with van der Waals surface area (Å²) >= 11 is 0. The molecule has 12 heteroatoms. The number of rotatable bonds is 5. The normalized spacial score (nSPS) is 28.0. The number of hydrogen-bond acceptors (Lipinski definition) is 10. The molecule has 1 aromatic carbocycles. The molecule has 38 heavy (non-hydrogen) atoms. The first-order chi connectivity index (χ1) is 17.8. The second kappa shape index (κ2) is 9.28. The van der Waals surface area contributed by atoms with Crippen LogP contribution in [0.4, 0.5) is 0 Å². The quantitative estimate of drug-likeness (QED) is 0.268. The highest BCUT2D eigenvalue weighted by atomic mass is 16.6. The number of hydrogen-bond donors (Lipinski definition) is 3. The number of aliphatic hydroxyl groups excluding tert-OH is 1. The third kappa shape index (κ3) is 3.83. The number of nitrogens with zero attached hydrogens (tertiary/aromatic N) is 1. The van der Waals surface area contributed by atoms with Crippen LogP contribution in [0.15, 0.2) is 40.5 Å². The van der Waals surface area contributed by atoms with E-state index in [2.05, 4.69) is 0 Å². The van der Waals surface area contributed by atoms with Crippen LogP contribution in [-0.2, 0) is 28.6 Å². The minimum atomic E-state index is -2.05. The number of phenolic OH excluding ortho intramolecular Hbond substituents is 1. The highest BCUT2D eigenvalue weighted by Crippen LogP contribution is 2.51. The van der Waals surface area contributed by atoms with E-state index in [1.165, 1.54) is 39.0 Å². The molecule has 1 aromatic rings. The Morgan fingerprint density at radius 3 is 2.24 bits per heavy atom. The van der Waals surface area contributed by atoms with Gasteiger partial charge in [-0.2, -0.15) is 0 Å². The van der Waals surface area contributed by atoms with E-state index in [1.54, 1.807) is 0 Å². The zero-order valence-electron chi connectivity index (χ0n) is 21.2. The summed E-state index contributed by atoms with van der Waals surface area (Å²) in [6.07, 6.45) is -5.17. The first-order valence-corrected chi connectivity index (χ1v) is 11.8. The van der Waals surface area contributed by atoms with Crippen LogP contribution in [-0.4, -0.2) is 69.6 Å². The van der Waals surface area contributed by atoms with Crippen LogP contribution in [0.5, 0.6) is 5.75 Å². The molecule has 0 bridgehead atoms. The summed E-state index contributed by atoms with van der Waals surface area (Å²) in [5.41, 5.74) is 6.68. The van der Waals surface area contributed by atoms with Gasteiger partial charge in [0.2, 0.25) is 5.78 Å². The van der Waals surface area contributed by atoms with Crippen LogP contribution >= 0.6 is 0 Å². The number of nitrogens with one attached hydrogen (secondary N) is 1. The van der Waals surface area contributed by atoms with Crippen LogP contribution in [0.1, 0.15) is 55.3 Å². The molecule has 0 spiro atoms. The lowest BCUT2D eigenvalue weighted by atomic mass is 9.73.